The predicted molar refractivity (Wildman–Crippen MR) is 113 cm³/mol. The first-order valence-electron chi connectivity index (χ1n) is 9.41. The second-order valence-electron chi connectivity index (χ2n) is 6.56. The van der Waals surface area contributed by atoms with Gasteiger partial charge in [-0.15, -0.1) is 0 Å². The molecule has 0 spiro atoms. The van der Waals surface area contributed by atoms with Gasteiger partial charge in [-0.05, 0) is 30.2 Å². The van der Waals surface area contributed by atoms with Crippen LogP contribution in [0.2, 0.25) is 5.02 Å². The molecule has 2 aromatic rings. The molecule has 2 amide bonds. The molecule has 8 heteroatoms. The number of hydrogen-bond acceptors (Lipinski definition) is 5. The van der Waals surface area contributed by atoms with E-state index < -0.39 is 12.0 Å². The third kappa shape index (κ3) is 4.52. The molecule has 0 radical (unpaired) electrons. The van der Waals surface area contributed by atoms with Crippen molar-refractivity contribution in [3.63, 3.8) is 0 Å². The number of carbonyl (C=O) groups is 2. The Bertz CT molecular complexity index is 989. The van der Waals surface area contributed by atoms with Crippen LogP contribution in [0.1, 0.15) is 30.5 Å². The lowest BCUT2D eigenvalue weighted by Gasteiger charge is -2.29. The van der Waals surface area contributed by atoms with Crippen LogP contribution in [0, 0.1) is 0 Å². The lowest BCUT2D eigenvalue weighted by molar-refractivity contribution is -0.136. The highest BCUT2D eigenvalue weighted by atomic mass is 35.5. The van der Waals surface area contributed by atoms with Gasteiger partial charge < -0.3 is 24.8 Å². The summed E-state index contributed by atoms with van der Waals surface area (Å²) in [5.74, 6) is 0.467. The van der Waals surface area contributed by atoms with Gasteiger partial charge in [-0.2, -0.15) is 0 Å². The van der Waals surface area contributed by atoms with Gasteiger partial charge in [0.2, 0.25) is 0 Å². The van der Waals surface area contributed by atoms with Crippen molar-refractivity contribution >= 4 is 23.6 Å². The normalized spacial score (nSPS) is 15.9. The topological polar surface area (TPSA) is 85.9 Å². The number of carbonyl (C=O) groups excluding carboxylic acids is 2. The number of ether oxygens (including phenoxy) is 3. The molecule has 158 valence electrons. The van der Waals surface area contributed by atoms with Crippen LogP contribution in [0.25, 0.3) is 0 Å². The van der Waals surface area contributed by atoms with Crippen LogP contribution in [0.15, 0.2) is 53.7 Å². The number of amides is 2. The average Bonchev–Trinajstić information content (AvgIpc) is 2.77. The molecule has 1 unspecified atom stereocenters. The molecule has 2 N–H and O–H groups in total. The van der Waals surface area contributed by atoms with Crippen molar-refractivity contribution in [1.29, 1.82) is 0 Å². The summed E-state index contributed by atoms with van der Waals surface area (Å²) >= 11 is 6.21. The summed E-state index contributed by atoms with van der Waals surface area (Å²) in [4.78, 5) is 24.6. The highest BCUT2D eigenvalue weighted by Crippen LogP contribution is 2.35. The van der Waals surface area contributed by atoms with E-state index >= 15 is 0 Å². The summed E-state index contributed by atoms with van der Waals surface area (Å²) in [6.45, 7) is 2.09. The number of methoxy groups -OCH3 is 2. The van der Waals surface area contributed by atoms with E-state index in [-0.39, 0.29) is 12.6 Å². The van der Waals surface area contributed by atoms with Crippen molar-refractivity contribution in [1.82, 2.24) is 10.6 Å². The standard InChI is InChI=1S/C22H23ClN2O5/c1-4-16-19(21(26)29-3)20(25-22(27)24-16)13-9-10-17(28-2)18(11-13)30-12-14-7-5-6-8-15(14)23/h5-11,20H,4,12H2,1-3H3,(H2,24,25,27). The maximum atomic E-state index is 12.4. The van der Waals surface area contributed by atoms with Gasteiger partial charge in [-0.3, -0.25) is 0 Å². The fraction of sp³-hybridized carbons (Fsp3) is 0.273. The number of urea groups is 1. The highest BCUT2D eigenvalue weighted by molar-refractivity contribution is 6.31. The van der Waals surface area contributed by atoms with Gasteiger partial charge in [0.25, 0.3) is 0 Å². The van der Waals surface area contributed by atoms with E-state index in [9.17, 15) is 9.59 Å². The zero-order chi connectivity index (χ0) is 21.7. The van der Waals surface area contributed by atoms with Crippen LogP contribution < -0.4 is 20.1 Å². The Morgan fingerprint density at radius 1 is 1.13 bits per heavy atom. The van der Waals surface area contributed by atoms with Gasteiger partial charge in [0.1, 0.15) is 6.61 Å². The first-order chi connectivity index (χ1) is 14.5. The van der Waals surface area contributed by atoms with Crippen molar-refractivity contribution in [2.75, 3.05) is 14.2 Å². The largest absolute Gasteiger partial charge is 0.493 e. The van der Waals surface area contributed by atoms with Crippen LogP contribution in [0.4, 0.5) is 4.79 Å². The molecule has 1 heterocycles. The van der Waals surface area contributed by atoms with E-state index in [1.54, 1.807) is 31.4 Å². The van der Waals surface area contributed by atoms with Gasteiger partial charge in [0, 0.05) is 16.3 Å². The first kappa shape index (κ1) is 21.5. The van der Waals surface area contributed by atoms with E-state index in [4.69, 9.17) is 25.8 Å². The van der Waals surface area contributed by atoms with Gasteiger partial charge in [0.15, 0.2) is 11.5 Å². The molecule has 0 fully saturated rings. The Balaban J connectivity index is 1.97. The zero-order valence-electron chi connectivity index (χ0n) is 17.0. The van der Waals surface area contributed by atoms with Crippen molar-refractivity contribution in [3.05, 3.63) is 69.9 Å². The summed E-state index contributed by atoms with van der Waals surface area (Å²) in [6.07, 6.45) is 0.473. The number of rotatable bonds is 7. The molecular weight excluding hydrogens is 408 g/mol. The summed E-state index contributed by atoms with van der Waals surface area (Å²) in [5.41, 5.74) is 2.35. The maximum absolute atomic E-state index is 12.4. The number of esters is 1. The van der Waals surface area contributed by atoms with Crippen molar-refractivity contribution in [2.24, 2.45) is 0 Å². The van der Waals surface area contributed by atoms with Crippen molar-refractivity contribution < 1.29 is 23.8 Å². The van der Waals surface area contributed by atoms with E-state index in [1.807, 2.05) is 25.1 Å². The minimum absolute atomic E-state index is 0.234. The molecule has 2 aromatic carbocycles. The number of benzene rings is 2. The van der Waals surface area contributed by atoms with E-state index in [1.165, 1.54) is 7.11 Å². The average molecular weight is 431 g/mol. The third-order valence-corrected chi connectivity index (χ3v) is 5.14. The smallest absolute Gasteiger partial charge is 0.337 e. The van der Waals surface area contributed by atoms with Gasteiger partial charge >= 0.3 is 12.0 Å². The van der Waals surface area contributed by atoms with Crippen LogP contribution in [0.3, 0.4) is 0 Å². The molecule has 0 saturated carbocycles. The van der Waals surface area contributed by atoms with Gasteiger partial charge in [-0.1, -0.05) is 42.8 Å². The minimum Gasteiger partial charge on any atom is -0.493 e. The molecule has 0 aromatic heterocycles. The van der Waals surface area contributed by atoms with Crippen LogP contribution >= 0.6 is 11.6 Å². The van der Waals surface area contributed by atoms with E-state index in [2.05, 4.69) is 10.6 Å². The quantitative estimate of drug-likeness (QED) is 0.645. The van der Waals surface area contributed by atoms with Crippen molar-refractivity contribution in [3.8, 4) is 11.5 Å². The molecule has 1 aliphatic rings. The second kappa shape index (κ2) is 9.54. The van der Waals surface area contributed by atoms with Crippen LogP contribution in [-0.2, 0) is 16.1 Å². The first-order valence-corrected chi connectivity index (χ1v) is 9.79. The summed E-state index contributed by atoms with van der Waals surface area (Å²) in [5, 5.41) is 6.06. The summed E-state index contributed by atoms with van der Waals surface area (Å²) in [6, 6.07) is 11.5. The Hall–Kier alpha value is -3.19. The second-order valence-corrected chi connectivity index (χ2v) is 6.97. The Morgan fingerprint density at radius 2 is 1.90 bits per heavy atom. The highest BCUT2D eigenvalue weighted by Gasteiger charge is 2.33. The SMILES string of the molecule is CCC1=C(C(=O)OC)C(c2ccc(OC)c(OCc3ccccc3Cl)c2)NC(=O)N1. The van der Waals surface area contributed by atoms with E-state index in [0.717, 1.165) is 5.56 Å². The molecule has 0 saturated heterocycles. The molecule has 30 heavy (non-hydrogen) atoms. The fourth-order valence-corrected chi connectivity index (χ4v) is 3.44. The zero-order valence-corrected chi connectivity index (χ0v) is 17.7. The lowest BCUT2D eigenvalue weighted by Crippen LogP contribution is -2.45. The molecule has 3 rings (SSSR count). The lowest BCUT2D eigenvalue weighted by atomic mass is 9.94. The van der Waals surface area contributed by atoms with Gasteiger partial charge in [-0.25, -0.2) is 9.59 Å². The predicted octanol–water partition coefficient (Wildman–Crippen LogP) is 4.12. The van der Waals surface area contributed by atoms with Crippen LogP contribution in [-0.4, -0.2) is 26.2 Å². The molecule has 0 bridgehead atoms. The van der Waals surface area contributed by atoms with Crippen LogP contribution in [0.5, 0.6) is 11.5 Å². The maximum Gasteiger partial charge on any atom is 0.337 e. The molecule has 1 aliphatic heterocycles. The fourth-order valence-electron chi connectivity index (χ4n) is 3.25. The number of hydrogen-bond donors (Lipinski definition) is 2. The molecule has 1 atom stereocenters. The molecular formula is C22H23ClN2O5. The van der Waals surface area contributed by atoms with E-state index in [0.29, 0.717) is 39.8 Å². The number of nitrogens with one attached hydrogen (secondary N) is 2. The van der Waals surface area contributed by atoms with Gasteiger partial charge in [0.05, 0.1) is 25.8 Å². The Kier molecular flexibility index (Phi) is 6.84. The number of halogens is 1. The Morgan fingerprint density at radius 3 is 2.57 bits per heavy atom. The number of allylic oxidation sites excluding steroid dienone is 1. The molecule has 7 nitrogen and oxygen atoms in total. The summed E-state index contributed by atoms with van der Waals surface area (Å²) < 4.78 is 16.3. The minimum atomic E-state index is -0.685. The van der Waals surface area contributed by atoms with Crippen molar-refractivity contribution in [2.45, 2.75) is 26.0 Å². The Labute approximate surface area is 180 Å². The summed E-state index contributed by atoms with van der Waals surface area (Å²) in [7, 11) is 2.85. The molecule has 0 aliphatic carbocycles. The third-order valence-electron chi connectivity index (χ3n) is 4.77. The monoisotopic (exact) mass is 430 g/mol.